The molecule has 2 N–H and O–H groups in total. The van der Waals surface area contributed by atoms with Crippen LogP contribution in [0.5, 0.6) is 0 Å². The van der Waals surface area contributed by atoms with Gasteiger partial charge in [-0.3, -0.25) is 14.6 Å². The second kappa shape index (κ2) is 6.41. The zero-order valence-electron chi connectivity index (χ0n) is 12.5. The number of hydrogen-bond donors (Lipinski definition) is 2. The third kappa shape index (κ3) is 3.53. The van der Waals surface area contributed by atoms with Gasteiger partial charge in [-0.1, -0.05) is 18.2 Å². The molecule has 0 bridgehead atoms. The van der Waals surface area contributed by atoms with E-state index in [1.54, 1.807) is 35.2 Å². The number of rotatable bonds is 4. The van der Waals surface area contributed by atoms with Gasteiger partial charge in [0.1, 0.15) is 5.69 Å². The minimum Gasteiger partial charge on any atom is -0.336 e. The van der Waals surface area contributed by atoms with Crippen LogP contribution in [0.2, 0.25) is 0 Å². The maximum Gasteiger partial charge on any atom is 0.271 e. The van der Waals surface area contributed by atoms with E-state index in [1.165, 1.54) is 6.20 Å². The SMILES string of the molecule is O=C(c1ccn[nH]1)N1CCC[C@@H](S(=O)(=O)Nc2ccccc2)C1. The molecule has 0 spiro atoms. The van der Waals surface area contributed by atoms with E-state index < -0.39 is 15.3 Å². The maximum atomic E-state index is 12.5. The smallest absolute Gasteiger partial charge is 0.271 e. The molecule has 2 heterocycles. The molecule has 1 aliphatic rings. The van der Waals surface area contributed by atoms with Crippen LogP contribution in [0.4, 0.5) is 5.69 Å². The Morgan fingerprint density at radius 3 is 2.74 bits per heavy atom. The second-order valence-corrected chi connectivity index (χ2v) is 7.46. The summed E-state index contributed by atoms with van der Waals surface area (Å²) in [4.78, 5) is 13.9. The molecule has 1 aliphatic heterocycles. The number of aromatic amines is 1. The van der Waals surface area contributed by atoms with Crippen LogP contribution in [0, 0.1) is 0 Å². The number of likely N-dealkylation sites (tertiary alicyclic amines) is 1. The molecule has 2 aromatic rings. The van der Waals surface area contributed by atoms with Crippen LogP contribution in [-0.2, 0) is 10.0 Å². The maximum absolute atomic E-state index is 12.5. The number of nitrogens with zero attached hydrogens (tertiary/aromatic N) is 2. The van der Waals surface area contributed by atoms with Gasteiger partial charge in [-0.25, -0.2) is 8.42 Å². The normalized spacial score (nSPS) is 18.6. The first-order chi connectivity index (χ1) is 11.1. The summed E-state index contributed by atoms with van der Waals surface area (Å²) in [6.07, 6.45) is 2.69. The highest BCUT2D eigenvalue weighted by molar-refractivity contribution is 7.93. The van der Waals surface area contributed by atoms with E-state index >= 15 is 0 Å². The first-order valence-electron chi connectivity index (χ1n) is 7.41. The Kier molecular flexibility index (Phi) is 4.33. The van der Waals surface area contributed by atoms with Gasteiger partial charge >= 0.3 is 0 Å². The Balaban J connectivity index is 1.71. The molecule has 1 aromatic heterocycles. The zero-order chi connectivity index (χ0) is 16.3. The first-order valence-corrected chi connectivity index (χ1v) is 8.96. The third-order valence-electron chi connectivity index (χ3n) is 3.87. The lowest BCUT2D eigenvalue weighted by Gasteiger charge is -2.32. The van der Waals surface area contributed by atoms with E-state index in [0.29, 0.717) is 30.8 Å². The summed E-state index contributed by atoms with van der Waals surface area (Å²) in [7, 11) is -3.54. The van der Waals surface area contributed by atoms with Crippen molar-refractivity contribution in [2.24, 2.45) is 0 Å². The van der Waals surface area contributed by atoms with Gasteiger partial charge in [0.05, 0.1) is 5.25 Å². The van der Waals surface area contributed by atoms with E-state index in [2.05, 4.69) is 14.9 Å². The predicted molar refractivity (Wildman–Crippen MR) is 86.5 cm³/mol. The first kappa shape index (κ1) is 15.5. The molecule has 1 atom stereocenters. The molecular formula is C15H18N4O3S. The van der Waals surface area contributed by atoms with E-state index in [9.17, 15) is 13.2 Å². The molecule has 0 aliphatic carbocycles. The zero-order valence-corrected chi connectivity index (χ0v) is 13.3. The number of carbonyl (C=O) groups excluding carboxylic acids is 1. The number of nitrogens with one attached hydrogen (secondary N) is 2. The van der Waals surface area contributed by atoms with Crippen molar-refractivity contribution >= 4 is 21.6 Å². The average Bonchev–Trinajstić information content (AvgIpc) is 3.09. The highest BCUT2D eigenvalue weighted by Gasteiger charge is 2.33. The Morgan fingerprint density at radius 1 is 1.26 bits per heavy atom. The minimum absolute atomic E-state index is 0.181. The number of benzene rings is 1. The van der Waals surface area contributed by atoms with Gasteiger partial charge in [0.2, 0.25) is 10.0 Å². The van der Waals surface area contributed by atoms with Crippen molar-refractivity contribution in [3.8, 4) is 0 Å². The van der Waals surface area contributed by atoms with Crippen molar-refractivity contribution < 1.29 is 13.2 Å². The van der Waals surface area contributed by atoms with Crippen LogP contribution < -0.4 is 4.72 Å². The van der Waals surface area contributed by atoms with E-state index in [1.807, 2.05) is 6.07 Å². The lowest BCUT2D eigenvalue weighted by atomic mass is 10.1. The molecule has 0 saturated carbocycles. The number of H-pyrrole nitrogens is 1. The quantitative estimate of drug-likeness (QED) is 0.885. The highest BCUT2D eigenvalue weighted by atomic mass is 32.2. The summed E-state index contributed by atoms with van der Waals surface area (Å²) in [6.45, 7) is 0.731. The Labute approximate surface area is 134 Å². The van der Waals surface area contributed by atoms with E-state index in [4.69, 9.17) is 0 Å². The van der Waals surface area contributed by atoms with Gasteiger partial charge in [0, 0.05) is 25.0 Å². The molecule has 3 rings (SSSR count). The molecule has 0 unspecified atom stereocenters. The number of amides is 1. The Morgan fingerprint density at radius 2 is 2.04 bits per heavy atom. The van der Waals surface area contributed by atoms with Gasteiger partial charge in [-0.15, -0.1) is 0 Å². The molecular weight excluding hydrogens is 316 g/mol. The number of piperidine rings is 1. The third-order valence-corrected chi connectivity index (χ3v) is 5.65. The highest BCUT2D eigenvalue weighted by Crippen LogP contribution is 2.21. The lowest BCUT2D eigenvalue weighted by molar-refractivity contribution is 0.0721. The predicted octanol–water partition coefficient (Wildman–Crippen LogP) is 1.46. The fourth-order valence-electron chi connectivity index (χ4n) is 2.68. The van der Waals surface area contributed by atoms with Crippen molar-refractivity contribution in [3.63, 3.8) is 0 Å². The molecule has 7 nitrogen and oxygen atoms in total. The fraction of sp³-hybridized carbons (Fsp3) is 0.333. The molecule has 1 amide bonds. The molecule has 1 saturated heterocycles. The molecule has 1 aromatic carbocycles. The van der Waals surface area contributed by atoms with Gasteiger partial charge in [0.15, 0.2) is 0 Å². The fourth-order valence-corrected chi connectivity index (χ4v) is 4.16. The minimum atomic E-state index is -3.54. The van der Waals surface area contributed by atoms with Gasteiger partial charge in [-0.05, 0) is 31.0 Å². The van der Waals surface area contributed by atoms with Crippen molar-refractivity contribution in [2.75, 3.05) is 17.8 Å². The Bertz CT molecular complexity index is 759. The summed E-state index contributed by atoms with van der Waals surface area (Å²) in [6, 6.07) is 10.4. The van der Waals surface area contributed by atoms with Gasteiger partial charge < -0.3 is 4.90 Å². The summed E-state index contributed by atoms with van der Waals surface area (Å²) >= 11 is 0. The number of aromatic nitrogens is 2. The monoisotopic (exact) mass is 334 g/mol. The molecule has 1 fully saturated rings. The number of carbonyl (C=O) groups is 1. The molecule has 23 heavy (non-hydrogen) atoms. The summed E-state index contributed by atoms with van der Waals surface area (Å²) in [5, 5.41) is 5.76. The van der Waals surface area contributed by atoms with Crippen LogP contribution in [0.3, 0.4) is 0 Å². The van der Waals surface area contributed by atoms with Crippen LogP contribution >= 0.6 is 0 Å². The van der Waals surface area contributed by atoms with E-state index in [-0.39, 0.29) is 12.5 Å². The number of para-hydroxylation sites is 1. The topological polar surface area (TPSA) is 95.2 Å². The number of anilines is 1. The standard InChI is InChI=1S/C15H18N4O3S/c20-15(14-8-9-16-17-14)19-10-4-7-13(11-19)23(21,22)18-12-5-2-1-3-6-12/h1-3,5-6,8-9,13,18H,4,7,10-11H2,(H,16,17)/t13-/m1/s1. The second-order valence-electron chi connectivity index (χ2n) is 5.50. The molecule has 8 heteroatoms. The van der Waals surface area contributed by atoms with Crippen LogP contribution in [0.25, 0.3) is 0 Å². The van der Waals surface area contributed by atoms with Crippen molar-refractivity contribution in [1.29, 1.82) is 0 Å². The number of hydrogen-bond acceptors (Lipinski definition) is 4. The van der Waals surface area contributed by atoms with Crippen molar-refractivity contribution in [2.45, 2.75) is 18.1 Å². The van der Waals surface area contributed by atoms with Crippen LogP contribution in [0.1, 0.15) is 23.3 Å². The summed E-state index contributed by atoms with van der Waals surface area (Å²) in [5.41, 5.74) is 0.906. The van der Waals surface area contributed by atoms with E-state index in [0.717, 1.165) is 0 Å². The Hall–Kier alpha value is -2.35. The molecule has 0 radical (unpaired) electrons. The number of sulfonamides is 1. The van der Waals surface area contributed by atoms with Crippen LogP contribution in [0.15, 0.2) is 42.6 Å². The van der Waals surface area contributed by atoms with Crippen molar-refractivity contribution in [3.05, 3.63) is 48.3 Å². The lowest BCUT2D eigenvalue weighted by Crippen LogP contribution is -2.46. The van der Waals surface area contributed by atoms with Gasteiger partial charge in [0.25, 0.3) is 5.91 Å². The van der Waals surface area contributed by atoms with Crippen molar-refractivity contribution in [1.82, 2.24) is 15.1 Å². The van der Waals surface area contributed by atoms with Gasteiger partial charge in [-0.2, -0.15) is 5.10 Å². The van der Waals surface area contributed by atoms with Crippen LogP contribution in [-0.4, -0.2) is 47.8 Å². The largest absolute Gasteiger partial charge is 0.336 e. The average molecular weight is 334 g/mol. The summed E-state index contributed by atoms with van der Waals surface area (Å²) < 4.78 is 27.7. The molecule has 122 valence electrons. The summed E-state index contributed by atoms with van der Waals surface area (Å²) in [5.74, 6) is -0.220.